The van der Waals surface area contributed by atoms with Crippen LogP contribution in [0.15, 0.2) is 16.5 Å². The molecule has 3 atom stereocenters. The van der Waals surface area contributed by atoms with Crippen molar-refractivity contribution in [3.05, 3.63) is 23.7 Å². The van der Waals surface area contributed by atoms with Gasteiger partial charge in [-0.3, -0.25) is 9.69 Å². The van der Waals surface area contributed by atoms with Gasteiger partial charge in [-0.25, -0.2) is 0 Å². The third kappa shape index (κ3) is 2.53. The zero-order valence-electron chi connectivity index (χ0n) is 11.4. The molecule has 2 aliphatic heterocycles. The molecule has 1 amide bonds. The van der Waals surface area contributed by atoms with E-state index in [1.54, 1.807) is 7.05 Å². The quantitative estimate of drug-likeness (QED) is 0.882. The van der Waals surface area contributed by atoms with E-state index in [1.165, 1.54) is 0 Å². The molecule has 0 aromatic carbocycles. The first kappa shape index (κ1) is 12.7. The zero-order valence-corrected chi connectivity index (χ0v) is 11.4. The van der Waals surface area contributed by atoms with Crippen molar-refractivity contribution in [2.75, 3.05) is 20.1 Å². The maximum absolute atomic E-state index is 11.8. The number of morpholine rings is 1. The standard InChI is InChI=1S/C14H20N2O3/c1-9-3-4-10(18-9)6-16-7-11-5-12(14(17)15-2)13(8-16)19-11/h3-4,11-13H,5-8H2,1-2H3,(H,15,17)/t11-,12+,13-/m0/s1. The van der Waals surface area contributed by atoms with E-state index in [1.807, 2.05) is 19.1 Å². The monoisotopic (exact) mass is 264 g/mol. The van der Waals surface area contributed by atoms with Crippen LogP contribution < -0.4 is 5.32 Å². The van der Waals surface area contributed by atoms with E-state index in [0.717, 1.165) is 37.6 Å². The molecule has 2 bridgehead atoms. The van der Waals surface area contributed by atoms with Crippen LogP contribution in [0.5, 0.6) is 0 Å². The molecule has 3 rings (SSSR count). The molecule has 2 fully saturated rings. The molecular formula is C14H20N2O3. The van der Waals surface area contributed by atoms with Gasteiger partial charge in [0.05, 0.1) is 24.7 Å². The van der Waals surface area contributed by atoms with Gasteiger partial charge in [0.15, 0.2) is 0 Å². The number of furan rings is 1. The second-order valence-corrected chi connectivity index (χ2v) is 5.46. The molecule has 2 aliphatic rings. The Balaban J connectivity index is 1.64. The average Bonchev–Trinajstić information content (AvgIpc) is 2.92. The summed E-state index contributed by atoms with van der Waals surface area (Å²) in [4.78, 5) is 14.1. The number of carbonyl (C=O) groups is 1. The first-order chi connectivity index (χ1) is 9.15. The summed E-state index contributed by atoms with van der Waals surface area (Å²) in [6.07, 6.45) is 1.03. The van der Waals surface area contributed by atoms with Crippen LogP contribution in [-0.4, -0.2) is 43.2 Å². The minimum Gasteiger partial charge on any atom is -0.465 e. The van der Waals surface area contributed by atoms with Crippen LogP contribution in [0.4, 0.5) is 0 Å². The third-order valence-electron chi connectivity index (χ3n) is 3.99. The van der Waals surface area contributed by atoms with Gasteiger partial charge in [-0.1, -0.05) is 0 Å². The van der Waals surface area contributed by atoms with Crippen LogP contribution in [0.25, 0.3) is 0 Å². The van der Waals surface area contributed by atoms with Gasteiger partial charge < -0.3 is 14.5 Å². The molecule has 1 aromatic rings. The van der Waals surface area contributed by atoms with Crippen molar-refractivity contribution in [2.45, 2.75) is 32.1 Å². The number of likely N-dealkylation sites (tertiary alicyclic amines) is 1. The highest BCUT2D eigenvalue weighted by Crippen LogP contribution is 2.32. The van der Waals surface area contributed by atoms with Crippen LogP contribution in [0.1, 0.15) is 17.9 Å². The second kappa shape index (κ2) is 4.98. The molecule has 1 N–H and O–H groups in total. The molecule has 2 saturated heterocycles. The Morgan fingerprint density at radius 1 is 1.47 bits per heavy atom. The fourth-order valence-electron chi connectivity index (χ4n) is 3.12. The van der Waals surface area contributed by atoms with Gasteiger partial charge in [0, 0.05) is 20.1 Å². The van der Waals surface area contributed by atoms with Gasteiger partial charge in [-0.15, -0.1) is 0 Å². The van der Waals surface area contributed by atoms with Gasteiger partial charge in [0.1, 0.15) is 11.5 Å². The number of nitrogens with one attached hydrogen (secondary N) is 1. The molecule has 1 aromatic heterocycles. The lowest BCUT2D eigenvalue weighted by molar-refractivity contribution is -0.127. The van der Waals surface area contributed by atoms with Crippen LogP contribution in [0, 0.1) is 12.8 Å². The molecule has 5 heteroatoms. The third-order valence-corrected chi connectivity index (χ3v) is 3.99. The number of nitrogens with zero attached hydrogens (tertiary/aromatic N) is 1. The van der Waals surface area contributed by atoms with Gasteiger partial charge >= 0.3 is 0 Å². The van der Waals surface area contributed by atoms with E-state index >= 15 is 0 Å². The normalized spacial score (nSPS) is 30.5. The topological polar surface area (TPSA) is 54.7 Å². The Morgan fingerprint density at radius 3 is 3.00 bits per heavy atom. The Hall–Kier alpha value is -1.33. The number of hydrogen-bond acceptors (Lipinski definition) is 4. The van der Waals surface area contributed by atoms with E-state index in [0.29, 0.717) is 0 Å². The summed E-state index contributed by atoms with van der Waals surface area (Å²) in [5.41, 5.74) is 0. The van der Waals surface area contributed by atoms with Gasteiger partial charge in [0.25, 0.3) is 0 Å². The maximum atomic E-state index is 11.8. The second-order valence-electron chi connectivity index (χ2n) is 5.46. The highest BCUT2D eigenvalue weighted by molar-refractivity contribution is 5.79. The van der Waals surface area contributed by atoms with Crippen LogP contribution in [0.3, 0.4) is 0 Å². The van der Waals surface area contributed by atoms with E-state index in [2.05, 4.69) is 10.2 Å². The van der Waals surface area contributed by atoms with Gasteiger partial charge in [0.2, 0.25) is 5.91 Å². The maximum Gasteiger partial charge on any atom is 0.225 e. The van der Waals surface area contributed by atoms with E-state index in [4.69, 9.17) is 9.15 Å². The lowest BCUT2D eigenvalue weighted by Crippen LogP contribution is -2.44. The predicted octanol–water partition coefficient (Wildman–Crippen LogP) is 0.923. The van der Waals surface area contributed by atoms with Crippen molar-refractivity contribution < 1.29 is 13.9 Å². The molecule has 0 spiro atoms. The number of rotatable bonds is 3. The highest BCUT2D eigenvalue weighted by Gasteiger charge is 2.44. The van der Waals surface area contributed by atoms with Gasteiger partial charge in [-0.05, 0) is 25.5 Å². The molecule has 0 aliphatic carbocycles. The lowest BCUT2D eigenvalue weighted by Gasteiger charge is -2.32. The first-order valence-electron chi connectivity index (χ1n) is 6.80. The van der Waals surface area contributed by atoms with E-state index in [9.17, 15) is 4.79 Å². The van der Waals surface area contributed by atoms with Gasteiger partial charge in [-0.2, -0.15) is 0 Å². The Labute approximate surface area is 112 Å². The van der Waals surface area contributed by atoms with E-state index in [-0.39, 0.29) is 24.0 Å². The number of hydrogen-bond donors (Lipinski definition) is 1. The van der Waals surface area contributed by atoms with Crippen molar-refractivity contribution in [1.82, 2.24) is 10.2 Å². The summed E-state index contributed by atoms with van der Waals surface area (Å²) in [5.74, 6) is 2.02. The predicted molar refractivity (Wildman–Crippen MR) is 69.6 cm³/mol. The summed E-state index contributed by atoms with van der Waals surface area (Å²) in [7, 11) is 1.69. The smallest absolute Gasteiger partial charge is 0.225 e. The van der Waals surface area contributed by atoms with Crippen molar-refractivity contribution in [2.24, 2.45) is 5.92 Å². The van der Waals surface area contributed by atoms with Crippen LogP contribution in [0.2, 0.25) is 0 Å². The van der Waals surface area contributed by atoms with Crippen molar-refractivity contribution in [3.8, 4) is 0 Å². The van der Waals surface area contributed by atoms with Crippen molar-refractivity contribution in [1.29, 1.82) is 0 Å². The Morgan fingerprint density at radius 2 is 2.32 bits per heavy atom. The zero-order chi connectivity index (χ0) is 13.4. The highest BCUT2D eigenvalue weighted by atomic mass is 16.5. The number of carbonyl (C=O) groups excluding carboxylic acids is 1. The molecule has 5 nitrogen and oxygen atoms in total. The summed E-state index contributed by atoms with van der Waals surface area (Å²) in [5, 5.41) is 2.73. The number of ether oxygens (including phenoxy) is 1. The average molecular weight is 264 g/mol. The number of fused-ring (bicyclic) bond motifs is 2. The fraction of sp³-hybridized carbons (Fsp3) is 0.643. The minimum atomic E-state index is -0.00154. The van der Waals surface area contributed by atoms with Crippen molar-refractivity contribution >= 4 is 5.91 Å². The molecule has 0 saturated carbocycles. The van der Waals surface area contributed by atoms with Crippen molar-refractivity contribution in [3.63, 3.8) is 0 Å². The summed E-state index contributed by atoms with van der Waals surface area (Å²) in [6.45, 7) is 4.43. The largest absolute Gasteiger partial charge is 0.465 e. The van der Waals surface area contributed by atoms with E-state index < -0.39 is 0 Å². The Bertz CT molecular complexity index is 471. The SMILES string of the molecule is CNC(=O)[C@@H]1C[C@H]2CN(Cc3ccc(C)o3)C[C@@H]1O2. The van der Waals surface area contributed by atoms with Crippen LogP contribution >= 0.6 is 0 Å². The summed E-state index contributed by atoms with van der Waals surface area (Å²) < 4.78 is 11.5. The minimum absolute atomic E-state index is 0.00154. The molecular weight excluding hydrogens is 244 g/mol. The molecule has 19 heavy (non-hydrogen) atoms. The fourth-order valence-corrected chi connectivity index (χ4v) is 3.12. The number of aryl methyl sites for hydroxylation is 1. The summed E-state index contributed by atoms with van der Waals surface area (Å²) in [6, 6.07) is 4.00. The molecule has 0 unspecified atom stereocenters. The van der Waals surface area contributed by atoms with Crippen LogP contribution in [-0.2, 0) is 16.1 Å². The molecule has 0 radical (unpaired) electrons. The lowest BCUT2D eigenvalue weighted by atomic mass is 10.00. The number of amides is 1. The Kier molecular flexibility index (Phi) is 3.33. The molecule has 104 valence electrons. The molecule has 3 heterocycles. The summed E-state index contributed by atoms with van der Waals surface area (Å²) >= 11 is 0. The first-order valence-corrected chi connectivity index (χ1v) is 6.80.